The summed E-state index contributed by atoms with van der Waals surface area (Å²) >= 11 is 1.13. The van der Waals surface area contributed by atoms with Crippen molar-refractivity contribution in [3.8, 4) is 5.69 Å². The van der Waals surface area contributed by atoms with Crippen molar-refractivity contribution in [3.63, 3.8) is 0 Å². The Balaban J connectivity index is 2.17. The second-order valence-electron chi connectivity index (χ2n) is 6.62. The number of amides is 3. The van der Waals surface area contributed by atoms with Gasteiger partial charge in [-0.2, -0.15) is 0 Å². The number of benzene rings is 2. The zero-order chi connectivity index (χ0) is 21.1. The van der Waals surface area contributed by atoms with Crippen LogP contribution in [0.2, 0.25) is 0 Å². The average molecular weight is 410 g/mol. The molecule has 0 radical (unpaired) electrons. The first kappa shape index (κ1) is 20.6. The van der Waals surface area contributed by atoms with E-state index in [-0.39, 0.29) is 5.56 Å². The van der Waals surface area contributed by atoms with Crippen molar-refractivity contribution in [2.24, 2.45) is 0 Å². The fourth-order valence-corrected chi connectivity index (χ4v) is 3.95. The number of rotatable bonds is 4. The average Bonchev–Trinajstić information content (AvgIpc) is 2.69. The highest BCUT2D eigenvalue weighted by Crippen LogP contribution is 2.27. The number of urea groups is 1. The van der Waals surface area contributed by atoms with E-state index in [1.807, 2.05) is 38.1 Å². The Bertz CT molecular complexity index is 1140. The Morgan fingerprint density at radius 3 is 2.38 bits per heavy atom. The number of aromatic nitrogens is 2. The molecular formula is C21H22N4O3S. The lowest BCUT2D eigenvalue weighted by atomic mass is 10.1. The first-order valence-electron chi connectivity index (χ1n) is 9.11. The van der Waals surface area contributed by atoms with E-state index in [0.717, 1.165) is 28.6 Å². The fourth-order valence-electron chi connectivity index (χ4n) is 3.03. The molecule has 0 aliphatic carbocycles. The molecule has 0 saturated carbocycles. The van der Waals surface area contributed by atoms with Crippen molar-refractivity contribution < 1.29 is 9.59 Å². The molecule has 3 rings (SSSR count). The minimum Gasteiger partial charge on any atom is -0.341 e. The molecule has 0 spiro atoms. The zero-order valence-electron chi connectivity index (χ0n) is 16.6. The Hall–Kier alpha value is -3.13. The first-order valence-corrected chi connectivity index (χ1v) is 9.99. The lowest BCUT2D eigenvalue weighted by Crippen LogP contribution is -2.41. The van der Waals surface area contributed by atoms with Crippen LogP contribution in [0.3, 0.4) is 0 Å². The second kappa shape index (κ2) is 8.48. The fraction of sp³-hybridized carbons (Fsp3) is 0.238. The van der Waals surface area contributed by atoms with Crippen LogP contribution < -0.4 is 16.2 Å². The molecule has 0 saturated heterocycles. The summed E-state index contributed by atoms with van der Waals surface area (Å²) in [5.74, 6) is -0.468. The summed E-state index contributed by atoms with van der Waals surface area (Å²) in [5, 5.41) is 4.86. The number of carbonyl (C=O) groups is 2. The Morgan fingerprint density at radius 2 is 1.72 bits per heavy atom. The van der Waals surface area contributed by atoms with Crippen LogP contribution in [-0.2, 0) is 4.79 Å². The Morgan fingerprint density at radius 1 is 1.07 bits per heavy atom. The summed E-state index contributed by atoms with van der Waals surface area (Å²) < 4.78 is 1.56. The largest absolute Gasteiger partial charge is 0.341 e. The van der Waals surface area contributed by atoms with E-state index >= 15 is 0 Å². The van der Waals surface area contributed by atoms with Crippen molar-refractivity contribution in [2.75, 3.05) is 7.05 Å². The maximum absolute atomic E-state index is 13.4. The lowest BCUT2D eigenvalue weighted by molar-refractivity contribution is -0.119. The number of imide groups is 1. The Kier molecular flexibility index (Phi) is 6.03. The van der Waals surface area contributed by atoms with Gasteiger partial charge in [0.15, 0.2) is 5.16 Å². The molecule has 3 aromatic rings. The number of fused-ring (bicyclic) bond motifs is 1. The molecule has 2 aromatic carbocycles. The number of thioether (sulfide) groups is 1. The molecule has 0 aliphatic rings. The summed E-state index contributed by atoms with van der Waals surface area (Å²) in [6.07, 6.45) is 0. The highest BCUT2D eigenvalue weighted by molar-refractivity contribution is 8.00. The monoisotopic (exact) mass is 410 g/mol. The van der Waals surface area contributed by atoms with E-state index in [1.165, 1.54) is 7.05 Å². The molecule has 0 bridgehead atoms. The standard InChI is InChI=1S/C21H22N4O3S/c1-12-8-7-9-13(2)17(12)25-19(27)15-10-5-6-11-16(15)23-21(25)29-14(3)18(26)24-20(28)22-4/h5-11,14H,1-4H3,(H2,22,24,26,28)/t14-/m1/s1. The molecule has 29 heavy (non-hydrogen) atoms. The molecule has 1 atom stereocenters. The number of hydrogen-bond donors (Lipinski definition) is 2. The number of nitrogens with one attached hydrogen (secondary N) is 2. The van der Waals surface area contributed by atoms with Gasteiger partial charge in [-0.1, -0.05) is 42.1 Å². The lowest BCUT2D eigenvalue weighted by Gasteiger charge is -2.19. The van der Waals surface area contributed by atoms with Crippen molar-refractivity contribution in [2.45, 2.75) is 31.2 Å². The van der Waals surface area contributed by atoms with Crippen molar-refractivity contribution in [1.82, 2.24) is 20.2 Å². The Labute approximate surface area is 172 Å². The summed E-state index contributed by atoms with van der Waals surface area (Å²) in [4.78, 5) is 41.8. The van der Waals surface area contributed by atoms with Crippen LogP contribution in [0.15, 0.2) is 52.4 Å². The minimum atomic E-state index is -0.643. The first-order chi connectivity index (χ1) is 13.8. The van der Waals surface area contributed by atoms with Gasteiger partial charge in [0, 0.05) is 7.05 Å². The highest BCUT2D eigenvalue weighted by atomic mass is 32.2. The van der Waals surface area contributed by atoms with Gasteiger partial charge < -0.3 is 5.32 Å². The van der Waals surface area contributed by atoms with Crippen LogP contribution in [0.25, 0.3) is 16.6 Å². The maximum Gasteiger partial charge on any atom is 0.321 e. The molecule has 0 aliphatic heterocycles. The summed E-state index contributed by atoms with van der Waals surface area (Å²) in [5.41, 5.74) is 2.95. The van der Waals surface area contributed by atoms with Crippen LogP contribution >= 0.6 is 11.8 Å². The van der Waals surface area contributed by atoms with Crippen LogP contribution in [0.4, 0.5) is 4.79 Å². The molecule has 7 nitrogen and oxygen atoms in total. The van der Waals surface area contributed by atoms with Gasteiger partial charge in [-0.3, -0.25) is 19.5 Å². The molecule has 8 heteroatoms. The normalized spacial score (nSPS) is 11.9. The molecule has 0 fully saturated rings. The SMILES string of the molecule is CNC(=O)NC(=O)[C@@H](C)Sc1nc2ccccc2c(=O)n1-c1c(C)cccc1C. The van der Waals surface area contributed by atoms with E-state index in [4.69, 9.17) is 0 Å². The zero-order valence-corrected chi connectivity index (χ0v) is 17.5. The molecule has 2 N–H and O–H groups in total. The number of aryl methyl sites for hydroxylation is 2. The molecular weight excluding hydrogens is 388 g/mol. The van der Waals surface area contributed by atoms with Gasteiger partial charge in [0.1, 0.15) is 0 Å². The van der Waals surface area contributed by atoms with Crippen LogP contribution in [-0.4, -0.2) is 33.8 Å². The number of hydrogen-bond acceptors (Lipinski definition) is 5. The number of nitrogens with zero attached hydrogens (tertiary/aromatic N) is 2. The predicted molar refractivity (Wildman–Crippen MR) is 115 cm³/mol. The number of para-hydroxylation sites is 2. The smallest absolute Gasteiger partial charge is 0.321 e. The summed E-state index contributed by atoms with van der Waals surface area (Å²) in [6, 6.07) is 12.3. The van der Waals surface area contributed by atoms with Crippen molar-refractivity contribution in [1.29, 1.82) is 0 Å². The van der Waals surface area contributed by atoms with Crippen molar-refractivity contribution >= 4 is 34.6 Å². The van der Waals surface area contributed by atoms with Gasteiger partial charge in [0.2, 0.25) is 5.91 Å². The topological polar surface area (TPSA) is 93.1 Å². The van der Waals surface area contributed by atoms with E-state index in [2.05, 4.69) is 15.6 Å². The van der Waals surface area contributed by atoms with E-state index in [0.29, 0.717) is 16.1 Å². The van der Waals surface area contributed by atoms with Gasteiger partial charge in [-0.25, -0.2) is 9.78 Å². The van der Waals surface area contributed by atoms with Gasteiger partial charge in [-0.15, -0.1) is 0 Å². The van der Waals surface area contributed by atoms with Gasteiger partial charge in [0.05, 0.1) is 21.8 Å². The summed E-state index contributed by atoms with van der Waals surface area (Å²) in [6.45, 7) is 5.53. The van der Waals surface area contributed by atoms with E-state index in [9.17, 15) is 14.4 Å². The van der Waals surface area contributed by atoms with E-state index in [1.54, 1.807) is 29.7 Å². The molecule has 1 heterocycles. The minimum absolute atomic E-state index is 0.200. The molecule has 0 unspecified atom stereocenters. The highest BCUT2D eigenvalue weighted by Gasteiger charge is 2.22. The third-order valence-electron chi connectivity index (χ3n) is 4.52. The van der Waals surface area contributed by atoms with Gasteiger partial charge in [-0.05, 0) is 44.0 Å². The molecule has 1 aromatic heterocycles. The van der Waals surface area contributed by atoms with Crippen LogP contribution in [0.1, 0.15) is 18.1 Å². The van der Waals surface area contributed by atoms with Gasteiger partial charge >= 0.3 is 6.03 Å². The van der Waals surface area contributed by atoms with E-state index < -0.39 is 17.2 Å². The van der Waals surface area contributed by atoms with Gasteiger partial charge in [0.25, 0.3) is 5.56 Å². The number of carbonyl (C=O) groups excluding carboxylic acids is 2. The van der Waals surface area contributed by atoms with Crippen LogP contribution in [0.5, 0.6) is 0 Å². The van der Waals surface area contributed by atoms with Crippen LogP contribution in [0, 0.1) is 13.8 Å². The third kappa shape index (κ3) is 4.17. The van der Waals surface area contributed by atoms with Crippen molar-refractivity contribution in [3.05, 3.63) is 63.9 Å². The third-order valence-corrected chi connectivity index (χ3v) is 5.58. The summed E-state index contributed by atoms with van der Waals surface area (Å²) in [7, 11) is 1.43. The maximum atomic E-state index is 13.4. The second-order valence-corrected chi connectivity index (χ2v) is 7.93. The quantitative estimate of drug-likeness (QED) is 0.510. The molecule has 3 amide bonds. The predicted octanol–water partition coefficient (Wildman–Crippen LogP) is 2.94. The molecule has 150 valence electrons.